The van der Waals surface area contributed by atoms with Crippen LogP contribution in [-0.2, 0) is 6.54 Å². The number of hydrogen-bond donors (Lipinski definition) is 1. The summed E-state index contributed by atoms with van der Waals surface area (Å²) < 4.78 is 13.6. The van der Waals surface area contributed by atoms with Gasteiger partial charge in [-0.15, -0.1) is 0 Å². The number of hydrogen-bond acceptors (Lipinski definition) is 2. The fourth-order valence-electron chi connectivity index (χ4n) is 2.22. The van der Waals surface area contributed by atoms with Gasteiger partial charge in [-0.1, -0.05) is 6.07 Å². The summed E-state index contributed by atoms with van der Waals surface area (Å²) >= 11 is 3.21. The third-order valence-corrected chi connectivity index (χ3v) is 3.96. The van der Waals surface area contributed by atoms with Crippen molar-refractivity contribution in [1.82, 2.24) is 4.90 Å². The summed E-state index contributed by atoms with van der Waals surface area (Å²) in [5.74, 6) is 0.249. The van der Waals surface area contributed by atoms with Crippen molar-refractivity contribution in [3.8, 4) is 0 Å². The smallest absolute Gasteiger partial charge is 0.137 e. The van der Waals surface area contributed by atoms with Gasteiger partial charge in [-0.05, 0) is 65.5 Å². The summed E-state index contributed by atoms with van der Waals surface area (Å²) in [6, 6.07) is 5.17. The molecule has 2 rings (SSSR count). The zero-order valence-corrected chi connectivity index (χ0v) is 11.3. The number of aliphatic hydroxyl groups is 1. The predicted molar refractivity (Wildman–Crippen MR) is 69.2 cm³/mol. The molecule has 1 saturated heterocycles. The average molecular weight is 302 g/mol. The fourth-order valence-corrected chi connectivity index (χ4v) is 2.65. The summed E-state index contributed by atoms with van der Waals surface area (Å²) in [6.07, 6.45) is 2.11. The van der Waals surface area contributed by atoms with Crippen LogP contribution in [0.25, 0.3) is 0 Å². The summed E-state index contributed by atoms with van der Waals surface area (Å²) in [7, 11) is 0. The van der Waals surface area contributed by atoms with E-state index in [-0.39, 0.29) is 5.82 Å². The van der Waals surface area contributed by atoms with Gasteiger partial charge in [0.25, 0.3) is 0 Å². The maximum Gasteiger partial charge on any atom is 0.137 e. The molecule has 0 spiro atoms. The second kappa shape index (κ2) is 5.94. The molecule has 17 heavy (non-hydrogen) atoms. The highest BCUT2D eigenvalue weighted by Crippen LogP contribution is 2.21. The van der Waals surface area contributed by atoms with Crippen molar-refractivity contribution >= 4 is 15.9 Å². The lowest BCUT2D eigenvalue weighted by atomic mass is 9.97. The quantitative estimate of drug-likeness (QED) is 0.928. The summed E-state index contributed by atoms with van der Waals surface area (Å²) in [4.78, 5) is 2.35. The van der Waals surface area contributed by atoms with Gasteiger partial charge >= 0.3 is 0 Å². The zero-order chi connectivity index (χ0) is 12.3. The van der Waals surface area contributed by atoms with Crippen LogP contribution in [0.15, 0.2) is 22.7 Å². The molecule has 0 bridgehead atoms. The second-order valence-electron chi connectivity index (χ2n) is 4.65. The van der Waals surface area contributed by atoms with E-state index < -0.39 is 0 Å². The van der Waals surface area contributed by atoms with Crippen LogP contribution in [0.1, 0.15) is 18.4 Å². The minimum absolute atomic E-state index is 0.215. The minimum Gasteiger partial charge on any atom is -0.396 e. The molecule has 0 unspecified atom stereocenters. The Bertz CT molecular complexity index is 378. The van der Waals surface area contributed by atoms with E-state index in [9.17, 15) is 4.39 Å². The number of aliphatic hydroxyl groups excluding tert-OH is 1. The van der Waals surface area contributed by atoms with Gasteiger partial charge in [-0.25, -0.2) is 4.39 Å². The molecule has 1 aliphatic heterocycles. The van der Waals surface area contributed by atoms with Gasteiger partial charge < -0.3 is 5.11 Å². The molecule has 1 aromatic carbocycles. The molecule has 1 heterocycles. The van der Waals surface area contributed by atoms with Crippen LogP contribution < -0.4 is 0 Å². The van der Waals surface area contributed by atoms with Crippen LogP contribution >= 0.6 is 15.9 Å². The SMILES string of the molecule is OCC1CCN(Cc2ccc(F)c(Br)c2)CC1. The van der Waals surface area contributed by atoms with Crippen molar-refractivity contribution in [3.63, 3.8) is 0 Å². The van der Waals surface area contributed by atoms with Gasteiger partial charge in [-0.3, -0.25) is 4.90 Å². The van der Waals surface area contributed by atoms with E-state index in [1.54, 1.807) is 0 Å². The van der Waals surface area contributed by atoms with Crippen molar-refractivity contribution in [1.29, 1.82) is 0 Å². The van der Waals surface area contributed by atoms with E-state index in [1.807, 2.05) is 12.1 Å². The van der Waals surface area contributed by atoms with Gasteiger partial charge in [0.15, 0.2) is 0 Å². The summed E-state index contributed by atoms with van der Waals surface area (Å²) in [5.41, 5.74) is 1.13. The third kappa shape index (κ3) is 3.50. The maximum absolute atomic E-state index is 13.1. The molecule has 4 heteroatoms. The van der Waals surface area contributed by atoms with Gasteiger partial charge in [0.1, 0.15) is 5.82 Å². The van der Waals surface area contributed by atoms with Crippen molar-refractivity contribution in [3.05, 3.63) is 34.1 Å². The Labute approximate surface area is 110 Å². The first-order chi connectivity index (χ1) is 8.19. The first-order valence-corrected chi connectivity index (χ1v) is 6.75. The lowest BCUT2D eigenvalue weighted by Gasteiger charge is -2.31. The Balaban J connectivity index is 1.91. The van der Waals surface area contributed by atoms with Gasteiger partial charge in [0, 0.05) is 13.2 Å². The highest BCUT2D eigenvalue weighted by atomic mass is 79.9. The highest BCUT2D eigenvalue weighted by molar-refractivity contribution is 9.10. The van der Waals surface area contributed by atoms with E-state index in [2.05, 4.69) is 20.8 Å². The third-order valence-electron chi connectivity index (χ3n) is 3.36. The first kappa shape index (κ1) is 13.0. The van der Waals surface area contributed by atoms with E-state index in [1.165, 1.54) is 6.07 Å². The van der Waals surface area contributed by atoms with Crippen LogP contribution in [-0.4, -0.2) is 29.7 Å². The molecule has 0 radical (unpaired) electrons. The highest BCUT2D eigenvalue weighted by Gasteiger charge is 2.18. The van der Waals surface area contributed by atoms with Gasteiger partial charge in [0.05, 0.1) is 4.47 Å². The standard InChI is InChI=1S/C13H17BrFNO/c14-12-7-11(1-2-13(12)15)8-16-5-3-10(9-17)4-6-16/h1-2,7,10,17H,3-6,8-9H2. The molecule has 1 aliphatic rings. The molecular weight excluding hydrogens is 285 g/mol. The Hall–Kier alpha value is -0.450. The lowest BCUT2D eigenvalue weighted by molar-refractivity contribution is 0.127. The van der Waals surface area contributed by atoms with E-state index >= 15 is 0 Å². The lowest BCUT2D eigenvalue weighted by Crippen LogP contribution is -2.34. The Morgan fingerprint density at radius 2 is 2.06 bits per heavy atom. The maximum atomic E-state index is 13.1. The molecule has 0 amide bonds. The second-order valence-corrected chi connectivity index (χ2v) is 5.50. The Morgan fingerprint density at radius 3 is 2.65 bits per heavy atom. The average Bonchev–Trinajstić information content (AvgIpc) is 2.35. The number of piperidine rings is 1. The van der Waals surface area contributed by atoms with Crippen LogP contribution in [0.4, 0.5) is 4.39 Å². The Morgan fingerprint density at radius 1 is 1.35 bits per heavy atom. The molecule has 0 saturated carbocycles. The normalized spacial score (nSPS) is 18.5. The molecule has 0 aliphatic carbocycles. The summed E-state index contributed by atoms with van der Waals surface area (Å²) in [6.45, 7) is 3.19. The van der Waals surface area contributed by atoms with E-state index in [0.717, 1.165) is 38.0 Å². The largest absolute Gasteiger partial charge is 0.396 e. The minimum atomic E-state index is -0.215. The predicted octanol–water partition coefficient (Wildman–Crippen LogP) is 2.79. The first-order valence-electron chi connectivity index (χ1n) is 5.96. The zero-order valence-electron chi connectivity index (χ0n) is 9.70. The van der Waals surface area contributed by atoms with Crippen molar-refractivity contribution in [2.45, 2.75) is 19.4 Å². The van der Waals surface area contributed by atoms with Crippen LogP contribution in [0, 0.1) is 11.7 Å². The van der Waals surface area contributed by atoms with Crippen LogP contribution in [0.5, 0.6) is 0 Å². The van der Waals surface area contributed by atoms with Crippen molar-refractivity contribution < 1.29 is 9.50 Å². The molecule has 2 nitrogen and oxygen atoms in total. The van der Waals surface area contributed by atoms with Crippen LogP contribution in [0.2, 0.25) is 0 Å². The fraction of sp³-hybridized carbons (Fsp3) is 0.538. The van der Waals surface area contributed by atoms with Crippen molar-refractivity contribution in [2.24, 2.45) is 5.92 Å². The number of rotatable bonds is 3. The number of benzene rings is 1. The number of nitrogens with zero attached hydrogens (tertiary/aromatic N) is 1. The molecule has 1 fully saturated rings. The van der Waals surface area contributed by atoms with E-state index in [4.69, 9.17) is 5.11 Å². The van der Waals surface area contributed by atoms with Crippen molar-refractivity contribution in [2.75, 3.05) is 19.7 Å². The molecule has 94 valence electrons. The van der Waals surface area contributed by atoms with Crippen LogP contribution in [0.3, 0.4) is 0 Å². The van der Waals surface area contributed by atoms with E-state index in [0.29, 0.717) is 17.0 Å². The summed E-state index contributed by atoms with van der Waals surface area (Å²) in [5, 5.41) is 9.07. The number of likely N-dealkylation sites (tertiary alicyclic amines) is 1. The number of halogens is 2. The van der Waals surface area contributed by atoms with Gasteiger partial charge in [0.2, 0.25) is 0 Å². The molecule has 0 aromatic heterocycles. The monoisotopic (exact) mass is 301 g/mol. The molecule has 1 aromatic rings. The Kier molecular flexibility index (Phi) is 4.54. The molecular formula is C13H17BrFNO. The molecule has 1 N–H and O–H groups in total. The topological polar surface area (TPSA) is 23.5 Å². The van der Waals surface area contributed by atoms with Gasteiger partial charge in [-0.2, -0.15) is 0 Å². The molecule has 0 atom stereocenters.